The molecule has 20 heavy (non-hydrogen) atoms. The third-order valence-electron chi connectivity index (χ3n) is 2.58. The second-order valence-electron chi connectivity index (χ2n) is 4.36. The summed E-state index contributed by atoms with van der Waals surface area (Å²) in [4.78, 5) is 14.0. The molecule has 2 aromatic rings. The van der Waals surface area contributed by atoms with Crippen molar-refractivity contribution in [1.82, 2.24) is 14.8 Å². The zero-order chi connectivity index (χ0) is 14.7. The van der Waals surface area contributed by atoms with Crippen molar-refractivity contribution < 1.29 is 4.92 Å². The third-order valence-corrected chi connectivity index (χ3v) is 2.58. The van der Waals surface area contributed by atoms with Gasteiger partial charge in [0.15, 0.2) is 0 Å². The molecule has 0 saturated heterocycles. The van der Waals surface area contributed by atoms with Gasteiger partial charge in [-0.1, -0.05) is 0 Å². The van der Waals surface area contributed by atoms with Crippen LogP contribution in [0.1, 0.15) is 12.6 Å². The van der Waals surface area contributed by atoms with Gasteiger partial charge in [-0.15, -0.1) is 0 Å². The van der Waals surface area contributed by atoms with Gasteiger partial charge < -0.3 is 5.73 Å². The van der Waals surface area contributed by atoms with E-state index in [0.717, 1.165) is 0 Å². The SMILES string of the molecule is CC(N)Cn1ccc(-c2cnc(C#N)c([N+](=O)[O-])c2)n1. The van der Waals surface area contributed by atoms with Gasteiger partial charge in [0.2, 0.25) is 5.69 Å². The number of aromatic nitrogens is 3. The lowest BCUT2D eigenvalue weighted by Crippen LogP contribution is -2.22. The fraction of sp³-hybridized carbons (Fsp3) is 0.250. The Bertz CT molecular complexity index is 685. The monoisotopic (exact) mass is 272 g/mol. The van der Waals surface area contributed by atoms with Crippen molar-refractivity contribution in [2.24, 2.45) is 5.73 Å². The molecule has 1 unspecified atom stereocenters. The first kappa shape index (κ1) is 13.6. The van der Waals surface area contributed by atoms with E-state index >= 15 is 0 Å². The van der Waals surface area contributed by atoms with E-state index in [4.69, 9.17) is 11.0 Å². The molecule has 2 rings (SSSR count). The molecule has 0 fully saturated rings. The molecule has 0 aromatic carbocycles. The molecule has 1 atom stereocenters. The Hall–Kier alpha value is -2.79. The highest BCUT2D eigenvalue weighted by molar-refractivity contribution is 5.63. The number of pyridine rings is 1. The van der Waals surface area contributed by atoms with Crippen molar-refractivity contribution in [3.05, 3.63) is 40.3 Å². The van der Waals surface area contributed by atoms with Gasteiger partial charge in [-0.3, -0.25) is 14.8 Å². The Morgan fingerprint density at radius 1 is 1.65 bits per heavy atom. The number of hydrogen-bond acceptors (Lipinski definition) is 6. The van der Waals surface area contributed by atoms with Crippen LogP contribution in [0.4, 0.5) is 5.69 Å². The molecule has 8 heteroatoms. The Morgan fingerprint density at radius 3 is 3.00 bits per heavy atom. The maximum Gasteiger partial charge on any atom is 0.306 e. The maximum atomic E-state index is 10.9. The average Bonchev–Trinajstić information content (AvgIpc) is 2.85. The van der Waals surface area contributed by atoms with Crippen LogP contribution in [0, 0.1) is 21.4 Å². The van der Waals surface area contributed by atoms with E-state index in [1.54, 1.807) is 23.0 Å². The zero-order valence-electron chi connectivity index (χ0n) is 10.7. The number of hydrogen-bond donors (Lipinski definition) is 1. The Kier molecular flexibility index (Phi) is 3.72. The summed E-state index contributed by atoms with van der Waals surface area (Å²) in [5.74, 6) is 0. The summed E-state index contributed by atoms with van der Waals surface area (Å²) in [6.45, 7) is 2.40. The lowest BCUT2D eigenvalue weighted by atomic mass is 10.2. The number of nitriles is 1. The first-order chi connectivity index (χ1) is 9.51. The van der Waals surface area contributed by atoms with Crippen LogP contribution in [0.25, 0.3) is 11.3 Å². The van der Waals surface area contributed by atoms with Gasteiger partial charge in [0.25, 0.3) is 0 Å². The van der Waals surface area contributed by atoms with Crippen molar-refractivity contribution in [2.45, 2.75) is 19.5 Å². The highest BCUT2D eigenvalue weighted by atomic mass is 16.6. The lowest BCUT2D eigenvalue weighted by Gasteiger charge is -2.04. The predicted octanol–water partition coefficient (Wildman–Crippen LogP) is 1.07. The molecule has 0 radical (unpaired) electrons. The number of nitrogens with two attached hydrogens (primary N) is 1. The molecule has 2 aromatic heterocycles. The van der Waals surface area contributed by atoms with E-state index in [0.29, 0.717) is 17.8 Å². The summed E-state index contributed by atoms with van der Waals surface area (Å²) in [5, 5.41) is 23.9. The Balaban J connectivity index is 2.38. The first-order valence-electron chi connectivity index (χ1n) is 5.85. The van der Waals surface area contributed by atoms with Gasteiger partial charge >= 0.3 is 5.69 Å². The molecule has 2 heterocycles. The summed E-state index contributed by atoms with van der Waals surface area (Å²) in [6.07, 6.45) is 3.13. The summed E-state index contributed by atoms with van der Waals surface area (Å²) in [5.41, 5.74) is 6.17. The van der Waals surface area contributed by atoms with Gasteiger partial charge in [0.1, 0.15) is 6.07 Å². The molecule has 8 nitrogen and oxygen atoms in total. The second kappa shape index (κ2) is 5.46. The minimum Gasteiger partial charge on any atom is -0.326 e. The topological polar surface area (TPSA) is 124 Å². The van der Waals surface area contributed by atoms with Crippen LogP contribution in [0.2, 0.25) is 0 Å². The molecule has 0 spiro atoms. The quantitative estimate of drug-likeness (QED) is 0.655. The van der Waals surface area contributed by atoms with E-state index < -0.39 is 4.92 Å². The van der Waals surface area contributed by atoms with Crippen LogP contribution in [-0.2, 0) is 6.54 Å². The summed E-state index contributed by atoms with van der Waals surface area (Å²) < 4.78 is 1.66. The van der Waals surface area contributed by atoms with Crippen LogP contribution >= 0.6 is 0 Å². The summed E-state index contributed by atoms with van der Waals surface area (Å²) in [6, 6.07) is 4.66. The van der Waals surface area contributed by atoms with Gasteiger partial charge in [0.05, 0.1) is 17.2 Å². The minimum absolute atomic E-state index is 0.0452. The van der Waals surface area contributed by atoms with Crippen LogP contribution in [-0.4, -0.2) is 25.7 Å². The average molecular weight is 272 g/mol. The van der Waals surface area contributed by atoms with E-state index in [-0.39, 0.29) is 17.4 Å². The lowest BCUT2D eigenvalue weighted by molar-refractivity contribution is -0.385. The van der Waals surface area contributed by atoms with Gasteiger partial charge in [-0.2, -0.15) is 10.4 Å². The minimum atomic E-state index is -0.631. The zero-order valence-corrected chi connectivity index (χ0v) is 10.7. The van der Waals surface area contributed by atoms with Crippen LogP contribution in [0.3, 0.4) is 0 Å². The van der Waals surface area contributed by atoms with E-state index in [1.165, 1.54) is 12.3 Å². The molecular formula is C12H12N6O2. The molecule has 2 N–H and O–H groups in total. The standard InChI is InChI=1S/C12H12N6O2/c1-8(14)7-17-3-2-10(16-17)9-4-12(18(19)20)11(5-13)15-6-9/h2-4,6,8H,7,14H2,1H3. The van der Waals surface area contributed by atoms with Gasteiger partial charge in [-0.05, 0) is 13.0 Å². The largest absolute Gasteiger partial charge is 0.326 e. The Morgan fingerprint density at radius 2 is 2.40 bits per heavy atom. The van der Waals surface area contributed by atoms with Crippen LogP contribution in [0.15, 0.2) is 24.5 Å². The summed E-state index contributed by atoms with van der Waals surface area (Å²) in [7, 11) is 0. The van der Waals surface area contributed by atoms with Crippen molar-refractivity contribution in [3.63, 3.8) is 0 Å². The molecule has 102 valence electrons. The second-order valence-corrected chi connectivity index (χ2v) is 4.36. The van der Waals surface area contributed by atoms with Crippen molar-refractivity contribution in [2.75, 3.05) is 0 Å². The van der Waals surface area contributed by atoms with Crippen LogP contribution < -0.4 is 5.73 Å². The molecule has 0 bridgehead atoms. The van der Waals surface area contributed by atoms with Crippen molar-refractivity contribution in [1.29, 1.82) is 5.26 Å². The van der Waals surface area contributed by atoms with E-state index in [1.807, 2.05) is 6.92 Å². The van der Waals surface area contributed by atoms with E-state index in [9.17, 15) is 10.1 Å². The summed E-state index contributed by atoms with van der Waals surface area (Å²) >= 11 is 0. The fourth-order valence-electron chi connectivity index (χ4n) is 1.73. The normalized spacial score (nSPS) is 11.8. The smallest absolute Gasteiger partial charge is 0.306 e. The number of nitro groups is 1. The molecule has 0 amide bonds. The highest BCUT2D eigenvalue weighted by Crippen LogP contribution is 2.23. The van der Waals surface area contributed by atoms with Gasteiger partial charge in [0, 0.05) is 30.1 Å². The first-order valence-corrected chi connectivity index (χ1v) is 5.85. The van der Waals surface area contributed by atoms with Crippen molar-refractivity contribution in [3.8, 4) is 17.3 Å². The van der Waals surface area contributed by atoms with Crippen molar-refractivity contribution >= 4 is 5.69 Å². The molecule has 0 aliphatic carbocycles. The third kappa shape index (κ3) is 2.78. The van der Waals surface area contributed by atoms with Gasteiger partial charge in [-0.25, -0.2) is 4.98 Å². The maximum absolute atomic E-state index is 10.9. The molecule has 0 saturated carbocycles. The predicted molar refractivity (Wildman–Crippen MR) is 70.5 cm³/mol. The number of rotatable bonds is 4. The number of nitrogens with zero attached hydrogens (tertiary/aromatic N) is 5. The van der Waals surface area contributed by atoms with E-state index in [2.05, 4.69) is 10.1 Å². The molecular weight excluding hydrogens is 260 g/mol. The molecule has 0 aliphatic heterocycles. The Labute approximate surface area is 114 Å². The fourth-order valence-corrected chi connectivity index (χ4v) is 1.73. The highest BCUT2D eigenvalue weighted by Gasteiger charge is 2.17. The molecule has 0 aliphatic rings. The van der Waals surface area contributed by atoms with Crippen LogP contribution in [0.5, 0.6) is 0 Å².